The molecule has 26 heavy (non-hydrogen) atoms. The van der Waals surface area contributed by atoms with E-state index in [0.29, 0.717) is 23.0 Å². The van der Waals surface area contributed by atoms with Crippen molar-refractivity contribution in [1.82, 2.24) is 19.5 Å². The SMILES string of the molecule is Nc1nc(NC2CC2)c2ncn([C@H]3C=C[C@](CO)(OP(=O)(O)O)C3)c2n1. The Labute approximate surface area is 148 Å². The summed E-state index contributed by atoms with van der Waals surface area (Å²) in [6.07, 6.45) is 6.97. The van der Waals surface area contributed by atoms with Crippen LogP contribution in [0.4, 0.5) is 11.8 Å². The summed E-state index contributed by atoms with van der Waals surface area (Å²) in [6, 6.07) is 0.00416. The minimum Gasteiger partial charge on any atom is -0.393 e. The minimum absolute atomic E-state index is 0.101. The lowest BCUT2D eigenvalue weighted by Gasteiger charge is -2.26. The van der Waals surface area contributed by atoms with Crippen LogP contribution in [-0.2, 0) is 9.09 Å². The summed E-state index contributed by atoms with van der Waals surface area (Å²) >= 11 is 0. The number of nitrogens with zero attached hydrogens (tertiary/aromatic N) is 4. The zero-order valence-corrected chi connectivity index (χ0v) is 14.6. The molecule has 0 unspecified atom stereocenters. The van der Waals surface area contributed by atoms with Gasteiger partial charge in [-0.15, -0.1) is 0 Å². The summed E-state index contributed by atoms with van der Waals surface area (Å²) in [6.45, 7) is -0.566. The zero-order chi connectivity index (χ0) is 18.5. The topological polar surface area (TPSA) is 169 Å². The summed E-state index contributed by atoms with van der Waals surface area (Å²) < 4.78 is 17.8. The average molecular weight is 382 g/mol. The van der Waals surface area contributed by atoms with Gasteiger partial charge in [-0.05, 0) is 12.8 Å². The summed E-state index contributed by atoms with van der Waals surface area (Å²) in [5.74, 6) is 0.667. The fourth-order valence-corrected chi connectivity index (χ4v) is 3.78. The minimum atomic E-state index is -4.76. The van der Waals surface area contributed by atoms with Gasteiger partial charge in [0.15, 0.2) is 17.0 Å². The van der Waals surface area contributed by atoms with E-state index in [4.69, 9.17) is 20.0 Å². The molecule has 1 fully saturated rings. The molecule has 1 saturated carbocycles. The van der Waals surface area contributed by atoms with Crippen molar-refractivity contribution in [2.45, 2.75) is 36.9 Å². The highest BCUT2D eigenvalue weighted by Gasteiger charge is 2.41. The molecule has 0 aromatic carbocycles. The van der Waals surface area contributed by atoms with Gasteiger partial charge in [-0.2, -0.15) is 9.97 Å². The van der Waals surface area contributed by atoms with Crippen LogP contribution in [0.3, 0.4) is 0 Å². The van der Waals surface area contributed by atoms with Crippen LogP contribution in [0, 0.1) is 0 Å². The number of phosphoric acid groups is 1. The van der Waals surface area contributed by atoms with Crippen molar-refractivity contribution < 1.29 is 24.0 Å². The molecule has 2 aromatic rings. The average Bonchev–Trinajstić information content (AvgIpc) is 3.11. The largest absolute Gasteiger partial charge is 0.470 e. The monoisotopic (exact) mass is 382 g/mol. The van der Waals surface area contributed by atoms with Gasteiger partial charge < -0.3 is 30.5 Å². The van der Waals surface area contributed by atoms with Gasteiger partial charge in [-0.1, -0.05) is 12.2 Å². The molecule has 0 spiro atoms. The first kappa shape index (κ1) is 17.4. The lowest BCUT2D eigenvalue weighted by Crippen LogP contribution is -2.32. The lowest BCUT2D eigenvalue weighted by atomic mass is 10.0. The number of rotatable bonds is 6. The van der Waals surface area contributed by atoms with Crippen LogP contribution in [0.15, 0.2) is 18.5 Å². The number of imidazole rings is 1. The first-order chi connectivity index (χ1) is 12.3. The van der Waals surface area contributed by atoms with E-state index in [1.807, 2.05) is 0 Å². The fraction of sp³-hybridized carbons (Fsp3) is 0.500. The number of aliphatic hydroxyl groups is 1. The molecule has 0 amide bonds. The molecule has 2 aromatic heterocycles. The van der Waals surface area contributed by atoms with Crippen LogP contribution in [0.5, 0.6) is 0 Å². The number of allylic oxidation sites excluding steroid dienone is 1. The van der Waals surface area contributed by atoms with Crippen LogP contribution in [0.1, 0.15) is 25.3 Å². The van der Waals surface area contributed by atoms with Gasteiger partial charge in [0.25, 0.3) is 0 Å². The number of phosphoric ester groups is 1. The fourth-order valence-electron chi connectivity index (χ4n) is 3.12. The Morgan fingerprint density at radius 2 is 2.19 bits per heavy atom. The van der Waals surface area contributed by atoms with Gasteiger partial charge in [0, 0.05) is 12.5 Å². The molecule has 2 aliphatic carbocycles. The normalized spacial score (nSPS) is 25.9. The van der Waals surface area contributed by atoms with E-state index in [2.05, 4.69) is 20.3 Å². The number of aromatic nitrogens is 4. The van der Waals surface area contributed by atoms with Gasteiger partial charge in [0.1, 0.15) is 5.60 Å². The van der Waals surface area contributed by atoms with E-state index in [9.17, 15) is 9.67 Å². The Bertz CT molecular complexity index is 922. The molecule has 0 radical (unpaired) electrons. The zero-order valence-electron chi connectivity index (χ0n) is 13.7. The molecule has 140 valence electrons. The molecule has 0 aliphatic heterocycles. The van der Waals surface area contributed by atoms with Crippen LogP contribution in [0.2, 0.25) is 0 Å². The molecule has 6 N–H and O–H groups in total. The Balaban J connectivity index is 1.66. The maximum absolute atomic E-state index is 11.2. The highest BCUT2D eigenvalue weighted by Crippen LogP contribution is 2.47. The first-order valence-corrected chi connectivity index (χ1v) is 9.65. The quantitative estimate of drug-likeness (QED) is 0.346. The van der Waals surface area contributed by atoms with E-state index in [1.54, 1.807) is 17.0 Å². The smallest absolute Gasteiger partial charge is 0.393 e. The molecule has 2 atom stereocenters. The van der Waals surface area contributed by atoms with Crippen LogP contribution >= 0.6 is 7.82 Å². The number of nitrogen functional groups attached to an aromatic ring is 1. The van der Waals surface area contributed by atoms with Crippen molar-refractivity contribution in [2.75, 3.05) is 17.7 Å². The number of aliphatic hydroxyl groups excluding tert-OH is 1. The number of hydrogen-bond acceptors (Lipinski definition) is 8. The number of nitrogens with two attached hydrogens (primary N) is 1. The molecule has 0 saturated heterocycles. The van der Waals surface area contributed by atoms with Crippen molar-refractivity contribution in [3.8, 4) is 0 Å². The molecular weight excluding hydrogens is 363 g/mol. The Hall–Kier alpha value is -2.04. The second-order valence-corrected chi connectivity index (χ2v) is 7.77. The molecule has 2 aliphatic rings. The van der Waals surface area contributed by atoms with E-state index in [0.717, 1.165) is 12.8 Å². The highest BCUT2D eigenvalue weighted by molar-refractivity contribution is 7.46. The van der Waals surface area contributed by atoms with E-state index in [1.165, 1.54) is 6.08 Å². The molecular formula is C14H19N6O5P. The van der Waals surface area contributed by atoms with Gasteiger partial charge in [0.2, 0.25) is 5.95 Å². The van der Waals surface area contributed by atoms with Gasteiger partial charge >= 0.3 is 7.82 Å². The predicted molar refractivity (Wildman–Crippen MR) is 92.1 cm³/mol. The van der Waals surface area contributed by atoms with Gasteiger partial charge in [0.05, 0.1) is 19.0 Å². The molecule has 4 rings (SSSR count). The summed E-state index contributed by atoms with van der Waals surface area (Å²) in [7, 11) is -4.76. The number of anilines is 2. The van der Waals surface area contributed by atoms with Gasteiger partial charge in [-0.25, -0.2) is 9.55 Å². The number of fused-ring (bicyclic) bond motifs is 1. The van der Waals surface area contributed by atoms with Crippen molar-refractivity contribution in [2.24, 2.45) is 0 Å². The molecule has 12 heteroatoms. The van der Waals surface area contributed by atoms with Crippen LogP contribution < -0.4 is 11.1 Å². The van der Waals surface area contributed by atoms with E-state index in [-0.39, 0.29) is 18.4 Å². The van der Waals surface area contributed by atoms with Crippen molar-refractivity contribution in [1.29, 1.82) is 0 Å². The molecule has 2 heterocycles. The summed E-state index contributed by atoms with van der Waals surface area (Å²) in [4.78, 5) is 31.0. The Morgan fingerprint density at radius 1 is 1.42 bits per heavy atom. The van der Waals surface area contributed by atoms with Gasteiger partial charge in [-0.3, -0.25) is 4.52 Å². The van der Waals surface area contributed by atoms with Crippen LogP contribution in [0.25, 0.3) is 11.2 Å². The lowest BCUT2D eigenvalue weighted by molar-refractivity contribution is 0.0183. The van der Waals surface area contributed by atoms with E-state index >= 15 is 0 Å². The number of nitrogens with one attached hydrogen (secondary N) is 1. The predicted octanol–water partition coefficient (Wildman–Crippen LogP) is 0.324. The third-order valence-corrected chi connectivity index (χ3v) is 5.06. The van der Waals surface area contributed by atoms with Crippen LogP contribution in [-0.4, -0.2) is 52.7 Å². The van der Waals surface area contributed by atoms with Crippen molar-refractivity contribution in [3.05, 3.63) is 18.5 Å². The second kappa shape index (κ2) is 6.00. The maximum Gasteiger partial charge on any atom is 0.470 e. The molecule has 11 nitrogen and oxygen atoms in total. The Morgan fingerprint density at radius 3 is 2.85 bits per heavy atom. The summed E-state index contributed by atoms with van der Waals surface area (Å²) in [5.41, 5.74) is 5.42. The first-order valence-electron chi connectivity index (χ1n) is 8.12. The second-order valence-electron chi connectivity index (χ2n) is 6.61. The Kier molecular flexibility index (Phi) is 4.01. The third kappa shape index (κ3) is 3.31. The van der Waals surface area contributed by atoms with Crippen molar-refractivity contribution in [3.63, 3.8) is 0 Å². The molecule has 0 bridgehead atoms. The van der Waals surface area contributed by atoms with Crippen molar-refractivity contribution >= 4 is 30.8 Å². The van der Waals surface area contributed by atoms with E-state index < -0.39 is 20.0 Å². The standard InChI is InChI=1S/C14H19N6O5P/c15-13-18-11(17-8-1-2-8)10-12(19-13)20(7-16-10)9-3-4-14(5-9,6-21)25-26(22,23)24/h3-4,7-9,21H,1-2,5-6H2,(H2,22,23,24)(H3,15,17,18,19)/t9-,14-/m0/s1. The highest BCUT2D eigenvalue weighted by atomic mass is 31.2. The third-order valence-electron chi connectivity index (χ3n) is 4.46. The summed E-state index contributed by atoms with van der Waals surface area (Å²) in [5, 5.41) is 12.9. The number of hydrogen-bond donors (Lipinski definition) is 5. The maximum atomic E-state index is 11.2.